The van der Waals surface area contributed by atoms with Gasteiger partial charge in [-0.15, -0.1) is 12.4 Å². The number of aromatic nitrogens is 1. The summed E-state index contributed by atoms with van der Waals surface area (Å²) in [5.41, 5.74) is 8.83. The van der Waals surface area contributed by atoms with Crippen molar-refractivity contribution in [3.8, 4) is 0 Å². The Bertz CT molecular complexity index is 787. The van der Waals surface area contributed by atoms with Gasteiger partial charge >= 0.3 is 0 Å². The van der Waals surface area contributed by atoms with E-state index in [4.69, 9.17) is 5.73 Å². The first-order valence-electron chi connectivity index (χ1n) is 10.8. The highest BCUT2D eigenvalue weighted by molar-refractivity contribution is 5.85. The molecule has 1 amide bonds. The van der Waals surface area contributed by atoms with Crippen LogP contribution in [0.15, 0.2) is 30.3 Å². The van der Waals surface area contributed by atoms with Crippen molar-refractivity contribution in [3.63, 3.8) is 0 Å². The van der Waals surface area contributed by atoms with Crippen molar-refractivity contribution in [2.75, 3.05) is 6.54 Å². The molecule has 1 aliphatic heterocycles. The third-order valence-corrected chi connectivity index (χ3v) is 7.46. The van der Waals surface area contributed by atoms with E-state index in [1.165, 1.54) is 42.3 Å². The quantitative estimate of drug-likeness (QED) is 0.759. The Kier molecular flexibility index (Phi) is 5.71. The standard InChI is InChI=1S/C23H31N3O.ClH/c24-22-16-7-5-8-17(22)13-18(12-16)23(27)26-11-4-3-10-21(26)20-14-15-6-1-2-9-19(15)25-20;/h1-2,6,9,14,16-18,21-22,25H,3-5,7-8,10-13,24H2;1H. The molecule has 1 aromatic heterocycles. The molecule has 3 atom stereocenters. The van der Waals surface area contributed by atoms with Gasteiger partial charge in [0.15, 0.2) is 0 Å². The molecule has 3 unspecified atom stereocenters. The number of amides is 1. The fourth-order valence-electron chi connectivity index (χ4n) is 6.02. The van der Waals surface area contributed by atoms with Gasteiger partial charge in [0, 0.05) is 29.7 Å². The monoisotopic (exact) mass is 401 g/mol. The molecule has 3 fully saturated rings. The van der Waals surface area contributed by atoms with Crippen molar-refractivity contribution in [3.05, 3.63) is 36.0 Å². The van der Waals surface area contributed by atoms with Crippen LogP contribution in [0, 0.1) is 17.8 Å². The predicted octanol–water partition coefficient (Wildman–Crippen LogP) is 4.80. The zero-order valence-corrected chi connectivity index (χ0v) is 17.3. The summed E-state index contributed by atoms with van der Waals surface area (Å²) in [6.45, 7) is 0.900. The van der Waals surface area contributed by atoms with Crippen molar-refractivity contribution in [1.29, 1.82) is 0 Å². The number of piperidine rings is 1. The number of nitrogens with zero attached hydrogens (tertiary/aromatic N) is 1. The molecule has 3 aliphatic rings. The second-order valence-corrected chi connectivity index (χ2v) is 9.05. The highest BCUT2D eigenvalue weighted by atomic mass is 35.5. The maximum absolute atomic E-state index is 13.6. The van der Waals surface area contributed by atoms with Gasteiger partial charge in [-0.3, -0.25) is 4.79 Å². The molecule has 1 aromatic carbocycles. The van der Waals surface area contributed by atoms with Crippen molar-refractivity contribution in [2.45, 2.75) is 63.5 Å². The van der Waals surface area contributed by atoms with Crippen LogP contribution in [-0.4, -0.2) is 28.4 Å². The topological polar surface area (TPSA) is 62.1 Å². The van der Waals surface area contributed by atoms with E-state index in [-0.39, 0.29) is 24.4 Å². The molecule has 152 valence electrons. The minimum Gasteiger partial charge on any atom is -0.357 e. The molecule has 2 bridgehead atoms. The van der Waals surface area contributed by atoms with Crippen LogP contribution in [0.3, 0.4) is 0 Å². The van der Waals surface area contributed by atoms with Gasteiger partial charge in [0.2, 0.25) is 5.91 Å². The highest BCUT2D eigenvalue weighted by Gasteiger charge is 2.43. The van der Waals surface area contributed by atoms with Gasteiger partial charge in [-0.2, -0.15) is 0 Å². The summed E-state index contributed by atoms with van der Waals surface area (Å²) in [6, 6.07) is 11.2. The largest absolute Gasteiger partial charge is 0.357 e. The lowest BCUT2D eigenvalue weighted by Gasteiger charge is -2.46. The minimum absolute atomic E-state index is 0. The lowest BCUT2D eigenvalue weighted by Crippen LogP contribution is -2.50. The second kappa shape index (κ2) is 8.08. The van der Waals surface area contributed by atoms with Crippen molar-refractivity contribution < 1.29 is 4.79 Å². The number of hydrogen-bond acceptors (Lipinski definition) is 2. The van der Waals surface area contributed by atoms with Crippen molar-refractivity contribution >= 4 is 29.2 Å². The number of nitrogens with one attached hydrogen (secondary N) is 1. The Hall–Kier alpha value is -1.52. The van der Waals surface area contributed by atoms with Crippen LogP contribution >= 0.6 is 12.4 Å². The Morgan fingerprint density at radius 3 is 2.54 bits per heavy atom. The number of hydrogen-bond donors (Lipinski definition) is 2. The summed E-state index contributed by atoms with van der Waals surface area (Å²) >= 11 is 0. The summed E-state index contributed by atoms with van der Waals surface area (Å²) in [5, 5.41) is 1.24. The molecule has 4 nitrogen and oxygen atoms in total. The minimum atomic E-state index is 0. The van der Waals surface area contributed by atoms with Crippen molar-refractivity contribution in [1.82, 2.24) is 9.88 Å². The third-order valence-electron chi connectivity index (χ3n) is 7.46. The zero-order chi connectivity index (χ0) is 18.4. The smallest absolute Gasteiger partial charge is 0.226 e. The number of aromatic amines is 1. The number of carbonyl (C=O) groups is 1. The van der Waals surface area contributed by atoms with Crippen LogP contribution in [0.2, 0.25) is 0 Å². The third kappa shape index (κ3) is 3.46. The Morgan fingerprint density at radius 1 is 1.04 bits per heavy atom. The Balaban J connectivity index is 0.00000192. The molecule has 2 aromatic rings. The van der Waals surface area contributed by atoms with Gasteiger partial charge in [-0.1, -0.05) is 24.6 Å². The Morgan fingerprint density at radius 2 is 1.79 bits per heavy atom. The number of rotatable bonds is 2. The summed E-state index contributed by atoms with van der Waals surface area (Å²) in [4.78, 5) is 19.3. The van der Waals surface area contributed by atoms with E-state index in [1.807, 2.05) is 0 Å². The molecule has 1 saturated heterocycles. The summed E-state index contributed by atoms with van der Waals surface area (Å²) in [7, 11) is 0. The highest BCUT2D eigenvalue weighted by Crippen LogP contribution is 2.44. The van der Waals surface area contributed by atoms with Crippen LogP contribution in [0.5, 0.6) is 0 Å². The molecule has 28 heavy (non-hydrogen) atoms. The van der Waals surface area contributed by atoms with E-state index in [9.17, 15) is 4.79 Å². The maximum Gasteiger partial charge on any atom is 0.226 e. The van der Waals surface area contributed by atoms with E-state index < -0.39 is 0 Å². The molecule has 0 radical (unpaired) electrons. The molecule has 2 saturated carbocycles. The first-order valence-corrected chi connectivity index (χ1v) is 10.8. The average molecular weight is 402 g/mol. The number of benzene rings is 1. The Labute approximate surface area is 173 Å². The average Bonchev–Trinajstić information content (AvgIpc) is 3.11. The lowest BCUT2D eigenvalue weighted by atomic mass is 9.64. The second-order valence-electron chi connectivity index (χ2n) is 9.05. The van der Waals surface area contributed by atoms with Crippen LogP contribution in [-0.2, 0) is 4.79 Å². The predicted molar refractivity (Wildman–Crippen MR) is 115 cm³/mol. The number of halogens is 1. The van der Waals surface area contributed by atoms with E-state index in [2.05, 4.69) is 40.2 Å². The molecule has 2 heterocycles. The van der Waals surface area contributed by atoms with Gasteiger partial charge in [-0.05, 0) is 74.3 Å². The van der Waals surface area contributed by atoms with Gasteiger partial charge in [0.25, 0.3) is 0 Å². The first kappa shape index (κ1) is 19.8. The molecule has 5 heteroatoms. The van der Waals surface area contributed by atoms with E-state index in [0.717, 1.165) is 32.2 Å². The van der Waals surface area contributed by atoms with Crippen molar-refractivity contribution in [2.24, 2.45) is 23.5 Å². The molecular weight excluding hydrogens is 370 g/mol. The molecule has 5 rings (SSSR count). The van der Waals surface area contributed by atoms with Crippen LogP contribution in [0.4, 0.5) is 0 Å². The zero-order valence-electron chi connectivity index (χ0n) is 16.5. The lowest BCUT2D eigenvalue weighted by molar-refractivity contribution is -0.142. The summed E-state index contributed by atoms with van der Waals surface area (Å²) in [5.74, 6) is 1.69. The van der Waals surface area contributed by atoms with Gasteiger partial charge in [0.05, 0.1) is 6.04 Å². The van der Waals surface area contributed by atoms with Crippen LogP contribution in [0.25, 0.3) is 10.9 Å². The molecule has 2 aliphatic carbocycles. The molecule has 3 N–H and O–H groups in total. The van der Waals surface area contributed by atoms with Gasteiger partial charge < -0.3 is 15.6 Å². The first-order chi connectivity index (χ1) is 13.2. The number of nitrogens with two attached hydrogens (primary N) is 1. The SMILES string of the molecule is Cl.NC1C2CCCC1CC(C(=O)N1CCCCC1c1cc3ccccc3[nH]1)C2. The number of fused-ring (bicyclic) bond motifs is 3. The van der Waals surface area contributed by atoms with Gasteiger partial charge in [0.1, 0.15) is 0 Å². The fourth-order valence-corrected chi connectivity index (χ4v) is 6.02. The van der Waals surface area contributed by atoms with Gasteiger partial charge in [-0.25, -0.2) is 0 Å². The van der Waals surface area contributed by atoms with E-state index in [0.29, 0.717) is 23.8 Å². The van der Waals surface area contributed by atoms with Crippen LogP contribution in [0.1, 0.15) is 63.1 Å². The number of carbonyl (C=O) groups excluding carboxylic acids is 1. The van der Waals surface area contributed by atoms with E-state index in [1.54, 1.807) is 0 Å². The van der Waals surface area contributed by atoms with E-state index >= 15 is 0 Å². The molecule has 0 spiro atoms. The normalized spacial score (nSPS) is 32.8. The molecular formula is C23H32ClN3O. The fraction of sp³-hybridized carbons (Fsp3) is 0.609. The maximum atomic E-state index is 13.6. The number of likely N-dealkylation sites (tertiary alicyclic amines) is 1. The number of para-hydroxylation sites is 1. The van der Waals surface area contributed by atoms with Crippen LogP contribution < -0.4 is 5.73 Å². The number of H-pyrrole nitrogens is 1. The summed E-state index contributed by atoms with van der Waals surface area (Å²) < 4.78 is 0. The summed E-state index contributed by atoms with van der Waals surface area (Å²) in [6.07, 6.45) is 9.13.